The molecule has 133 heavy (non-hydrogen) atoms. The molecule has 10 heterocycles. The second-order valence-electron chi connectivity index (χ2n) is 35.3. The van der Waals surface area contributed by atoms with Gasteiger partial charge in [0.05, 0.1) is 140 Å². The van der Waals surface area contributed by atoms with E-state index < -0.39 is 446 Å². The average Bonchev–Trinajstić information content (AvgIpc) is 0.752. The van der Waals surface area contributed by atoms with E-state index >= 15 is 0 Å². The van der Waals surface area contributed by atoms with E-state index in [1.807, 2.05) is 0 Å². The van der Waals surface area contributed by atoms with Gasteiger partial charge in [-0.3, -0.25) is 0 Å². The molecule has 10 aliphatic heterocycles. The Morgan fingerprint density at radius 3 is 1.21 bits per heavy atom. The summed E-state index contributed by atoms with van der Waals surface area (Å²) in [5.74, 6) is -14.8. The summed E-state index contributed by atoms with van der Waals surface area (Å²) in [6.07, 6.45) is -95.4. The summed E-state index contributed by atoms with van der Waals surface area (Å²) in [6, 6.07) is -3.20. The van der Waals surface area contributed by atoms with Crippen LogP contribution >= 0.6 is 0 Å². The fraction of sp³-hybridized carbons (Fsp3) is 0.974. The summed E-state index contributed by atoms with van der Waals surface area (Å²) >= 11 is 0. The lowest BCUT2D eigenvalue weighted by molar-refractivity contribution is -0.395. The number of hydrogen-bond donors (Lipinski definition) is 34. The van der Waals surface area contributed by atoms with Gasteiger partial charge in [0, 0.05) is 42.9 Å². The van der Waals surface area contributed by atoms with Gasteiger partial charge in [-0.2, -0.15) is 0 Å². The summed E-state index contributed by atoms with van der Waals surface area (Å²) in [4.78, 5) is 25.9. The standard InChI is InChI=1S/C77H134N2O54/c1-21-25(5)116-36(16-85)58(43(21)96)126-67-22(2)44(97)57(37(17-86)120-67)124-66(109)54(107)56(125-73-65(53(106)50(103)34(14-83)119-73)130-69-24(4)46(99)60(39(19-88)122-69)128-71-55(108)63(51(104)35(15-84)117-71)133-77(75(112)113)10-30(93)42(79)62(132-77)48(101)32(95)12-81)26(89)6-7-114-72-64(52(105)49(102)33(13-82)118-72)129-68-23(3)45(98)59(38(18-87)121-68)127-70-28(91)8-27(90)40(123-70)20-115-76(74(110)111)9-29(92)41(78)61(131-76)47(100)31(94)11-80/h21-73,80-109H,6-20,78-79H2,1-5H3,(H,110,111)(H,112,113)/t21-,22+,23?,24+,25+,26-,27-,28+,29-,30-,31-,32-,33?,34?,35?,36?,37?,38+,39?,40?,41-,42-,43?,44?,45?,46?,47-,48-,49-,50-,51+,52?,53?,54-,55+,56?,57-,58-,59-,60-,61?,62?,63?,64-,65?,66+,67+,68+,69+,70+,71+,72+,73-,76-,77+/m1/s1. The first kappa shape index (κ1) is 112. The van der Waals surface area contributed by atoms with E-state index in [1.165, 1.54) is 20.8 Å². The highest BCUT2D eigenvalue weighted by Crippen LogP contribution is 2.44. The molecule has 0 aromatic rings. The van der Waals surface area contributed by atoms with E-state index in [9.17, 15) is 173 Å². The van der Waals surface area contributed by atoms with Gasteiger partial charge in [-0.1, -0.05) is 27.7 Å². The summed E-state index contributed by atoms with van der Waals surface area (Å²) in [5.41, 5.74) is 12.0. The van der Waals surface area contributed by atoms with E-state index in [4.69, 9.17) is 106 Å². The molecule has 56 heteroatoms. The highest BCUT2D eigenvalue weighted by molar-refractivity contribution is 5.76. The molecule has 10 fully saturated rings. The Morgan fingerprint density at radius 1 is 0.368 bits per heavy atom. The predicted molar refractivity (Wildman–Crippen MR) is 417 cm³/mol. The number of ether oxygens (including phenoxy) is 20. The minimum atomic E-state index is -3.18. The van der Waals surface area contributed by atoms with Crippen LogP contribution in [0.15, 0.2) is 0 Å². The zero-order chi connectivity index (χ0) is 98.5. The minimum absolute atomic E-state index is 0.575. The third-order valence-electron chi connectivity index (χ3n) is 26.3. The highest BCUT2D eigenvalue weighted by atomic mass is 16.8. The molecule has 0 spiro atoms. The fourth-order valence-electron chi connectivity index (χ4n) is 17.6. The monoisotopic (exact) mass is 1950 g/mol. The number of hydrogen-bond acceptors (Lipinski definition) is 54. The molecule has 0 aliphatic carbocycles. The number of carbonyl (C=O) groups is 2. The zero-order valence-corrected chi connectivity index (χ0v) is 72.7. The molecule has 36 N–H and O–H groups in total. The van der Waals surface area contributed by atoms with Crippen LogP contribution in [0, 0.1) is 23.7 Å². The van der Waals surface area contributed by atoms with Crippen molar-refractivity contribution in [3.05, 3.63) is 0 Å². The number of aliphatic hydroxyl groups excluding tert-OH is 30. The maximum Gasteiger partial charge on any atom is 0.364 e. The summed E-state index contributed by atoms with van der Waals surface area (Å²) in [6.45, 7) is -4.29. The lowest BCUT2D eigenvalue weighted by Crippen LogP contribution is -2.70. The molecule has 10 rings (SSSR count). The highest BCUT2D eigenvalue weighted by Gasteiger charge is 2.63. The summed E-state index contributed by atoms with van der Waals surface area (Å²) < 4.78 is 118. The largest absolute Gasteiger partial charge is 0.477 e. The van der Waals surface area contributed by atoms with Crippen LogP contribution in [-0.4, -0.2) is 560 Å². The molecule has 0 saturated carbocycles. The molecule has 0 aromatic carbocycles. The molecule has 56 nitrogen and oxygen atoms in total. The van der Waals surface area contributed by atoms with Crippen molar-refractivity contribution in [1.82, 2.24) is 0 Å². The molecular weight excluding hydrogens is 1820 g/mol. The molecule has 0 radical (unpaired) electrons. The third kappa shape index (κ3) is 24.3. The Labute approximate surface area is 757 Å². The summed E-state index contributed by atoms with van der Waals surface area (Å²) in [7, 11) is 0. The Balaban J connectivity index is 0.879. The van der Waals surface area contributed by atoms with Crippen LogP contribution in [0.1, 0.15) is 60.3 Å². The van der Waals surface area contributed by atoms with E-state index in [0.717, 1.165) is 0 Å². The Morgan fingerprint density at radius 2 is 0.744 bits per heavy atom. The molecule has 10 saturated heterocycles. The van der Waals surface area contributed by atoms with Gasteiger partial charge < -0.3 is 270 Å². The van der Waals surface area contributed by atoms with Gasteiger partial charge in [0.25, 0.3) is 11.6 Å². The molecule has 0 bridgehead atoms. The molecule has 19 unspecified atom stereocenters. The van der Waals surface area contributed by atoms with E-state index in [1.54, 1.807) is 13.8 Å². The molecule has 55 atom stereocenters. The van der Waals surface area contributed by atoms with Gasteiger partial charge in [-0.25, -0.2) is 9.59 Å². The SMILES string of the molecule is CC1C(O)[C@H](O[C@@H]2OC(CO[C@]3(C(=O)O)C[C@@H](O)[C@@H](N)C([C@H](O)[C@H](O)CO)O3)[C@H](O)C[C@@H]2O)[C@H](CO)O[C@H]1O[C@@H]1C(O)[C@H](O)C(CO)O[C@@H]1OCC[C@@H](O)C(O[C@H]1OC(CO)[C@@H](O)C(O)C1O[C@@H]1OC(CO)[C@@H](O[C@@H]2OC(CO)[C@H](O)C(O[C@]3(C(=O)O)C[C@@H](O)[C@@H](N)C([C@H](O)[C@H](O)CO)O3)[C@@H]2O)C(O)[C@@H]1C)[C@@H](O)[C@@H](O)O[C@@H]1C(CO)O[C@@H](O[C@@H]2C(CO)O[C@@H](C)[C@@H](C)C2O)[C@@H](C)C1O. The van der Waals surface area contributed by atoms with Crippen molar-refractivity contribution in [3.63, 3.8) is 0 Å². The quantitative estimate of drug-likeness (QED) is 0.0253. The van der Waals surface area contributed by atoms with Gasteiger partial charge in [0.1, 0.15) is 183 Å². The predicted octanol–water partition coefficient (Wildman–Crippen LogP) is -19.5. The first-order chi connectivity index (χ1) is 62.7. The number of aliphatic carboxylic acids is 2. The van der Waals surface area contributed by atoms with Crippen LogP contribution in [0.4, 0.5) is 0 Å². The van der Waals surface area contributed by atoms with Crippen LogP contribution < -0.4 is 11.5 Å². The maximum atomic E-state index is 13.1. The van der Waals surface area contributed by atoms with Gasteiger partial charge >= 0.3 is 11.9 Å². The topological polar surface area (TPSA) is 918 Å². The van der Waals surface area contributed by atoms with Crippen molar-refractivity contribution in [1.29, 1.82) is 0 Å². The fourth-order valence-corrected chi connectivity index (χ4v) is 17.6. The molecule has 0 aromatic heterocycles. The van der Waals surface area contributed by atoms with Gasteiger partial charge in [0.2, 0.25) is 0 Å². The number of nitrogens with two attached hydrogens (primary N) is 2. The van der Waals surface area contributed by atoms with Crippen molar-refractivity contribution >= 4 is 11.9 Å². The number of aliphatic hydroxyl groups is 30. The first-order valence-electron chi connectivity index (χ1n) is 43.6. The second kappa shape index (κ2) is 48.3. The molecule has 10 aliphatic rings. The minimum Gasteiger partial charge on any atom is -0.477 e. The van der Waals surface area contributed by atoms with Gasteiger partial charge in [-0.05, 0) is 13.3 Å². The lowest BCUT2D eigenvalue weighted by atomic mass is 9.88. The van der Waals surface area contributed by atoms with Crippen LogP contribution in [0.3, 0.4) is 0 Å². The molecule has 776 valence electrons. The average molecular weight is 1950 g/mol. The number of carboxylic acids is 2. The van der Waals surface area contributed by atoms with Crippen LogP contribution in [-0.2, 0) is 104 Å². The maximum absolute atomic E-state index is 13.1. The van der Waals surface area contributed by atoms with Crippen molar-refractivity contribution in [2.75, 3.05) is 72.7 Å². The Kier molecular flexibility index (Phi) is 40.6. The number of carboxylic acid groups (broad SMARTS) is 2. The third-order valence-corrected chi connectivity index (χ3v) is 26.3. The Hall–Kier alpha value is -3.14. The van der Waals surface area contributed by atoms with Crippen LogP contribution in [0.2, 0.25) is 0 Å². The van der Waals surface area contributed by atoms with E-state index in [-0.39, 0.29) is 0 Å². The molecule has 0 amide bonds. The normalized spacial score (nSPS) is 48.2. The lowest BCUT2D eigenvalue weighted by Gasteiger charge is -2.51. The van der Waals surface area contributed by atoms with E-state index in [0.29, 0.717) is 0 Å². The first-order valence-corrected chi connectivity index (χ1v) is 43.6. The van der Waals surface area contributed by atoms with Crippen molar-refractivity contribution in [2.24, 2.45) is 35.1 Å². The van der Waals surface area contributed by atoms with Crippen molar-refractivity contribution < 1.29 is 268 Å². The molecular formula is C77H134N2O54. The second-order valence-corrected chi connectivity index (χ2v) is 35.3. The van der Waals surface area contributed by atoms with E-state index in [2.05, 4.69) is 0 Å². The van der Waals surface area contributed by atoms with Crippen molar-refractivity contribution in [2.45, 2.75) is 372 Å². The Bertz CT molecular complexity index is 3510. The van der Waals surface area contributed by atoms with Crippen LogP contribution in [0.25, 0.3) is 0 Å². The van der Waals surface area contributed by atoms with Crippen molar-refractivity contribution in [3.8, 4) is 0 Å². The smallest absolute Gasteiger partial charge is 0.364 e. The van der Waals surface area contributed by atoms with Crippen LogP contribution in [0.5, 0.6) is 0 Å². The summed E-state index contributed by atoms with van der Waals surface area (Å²) in [5, 5.41) is 355. The number of rotatable bonds is 41. The zero-order valence-electron chi connectivity index (χ0n) is 72.7. The van der Waals surface area contributed by atoms with Gasteiger partial charge in [-0.15, -0.1) is 0 Å². The van der Waals surface area contributed by atoms with Gasteiger partial charge in [0.15, 0.2) is 50.3 Å².